The van der Waals surface area contributed by atoms with Crippen LogP contribution in [0, 0.1) is 0 Å². The van der Waals surface area contributed by atoms with Gasteiger partial charge in [0.15, 0.2) is 0 Å². The fourth-order valence-electron chi connectivity index (χ4n) is 2.72. The van der Waals surface area contributed by atoms with E-state index in [2.05, 4.69) is 29.9 Å². The summed E-state index contributed by atoms with van der Waals surface area (Å²) in [4.78, 5) is 16.5. The molecule has 1 aromatic heterocycles. The van der Waals surface area contributed by atoms with Crippen molar-refractivity contribution in [1.82, 2.24) is 19.6 Å². The van der Waals surface area contributed by atoms with E-state index in [-0.39, 0.29) is 11.9 Å². The molecular weight excluding hydrogens is 252 g/mol. The van der Waals surface area contributed by atoms with Crippen molar-refractivity contribution >= 4 is 5.91 Å². The Hall–Kier alpha value is -1.36. The van der Waals surface area contributed by atoms with Crippen LogP contribution in [0.25, 0.3) is 0 Å². The summed E-state index contributed by atoms with van der Waals surface area (Å²) in [7, 11) is 1.91. The number of piperazine rings is 1. The molecule has 0 bridgehead atoms. The quantitative estimate of drug-likeness (QED) is 0.796. The van der Waals surface area contributed by atoms with E-state index in [1.807, 2.05) is 22.8 Å². The molecule has 5 heteroatoms. The van der Waals surface area contributed by atoms with Crippen LogP contribution in [-0.2, 0) is 17.9 Å². The number of aryl methyl sites for hydroxylation is 1. The van der Waals surface area contributed by atoms with Crippen molar-refractivity contribution in [1.29, 1.82) is 0 Å². The third kappa shape index (κ3) is 3.39. The van der Waals surface area contributed by atoms with Crippen LogP contribution in [0.15, 0.2) is 12.3 Å². The fraction of sp³-hybridized carbons (Fsp3) is 0.733. The molecule has 0 radical (unpaired) electrons. The minimum Gasteiger partial charge on any atom is -0.343 e. The molecule has 1 saturated heterocycles. The third-order valence-electron chi connectivity index (χ3n) is 4.04. The van der Waals surface area contributed by atoms with E-state index in [0.29, 0.717) is 0 Å². The highest BCUT2D eigenvalue weighted by molar-refractivity contribution is 5.82. The first-order valence-corrected chi connectivity index (χ1v) is 7.67. The van der Waals surface area contributed by atoms with Crippen LogP contribution in [-0.4, -0.2) is 51.7 Å². The van der Waals surface area contributed by atoms with Gasteiger partial charge in [-0.25, -0.2) is 0 Å². The zero-order valence-electron chi connectivity index (χ0n) is 12.9. The van der Waals surface area contributed by atoms with Crippen LogP contribution in [0.4, 0.5) is 0 Å². The predicted octanol–water partition coefficient (Wildman–Crippen LogP) is 1.74. The molecule has 1 aliphatic heterocycles. The number of unbranched alkanes of at least 4 members (excludes halogenated alkanes) is 1. The molecule has 0 saturated carbocycles. The Balaban J connectivity index is 2.04. The average Bonchev–Trinajstić information content (AvgIpc) is 2.90. The van der Waals surface area contributed by atoms with Crippen molar-refractivity contribution in [3.63, 3.8) is 0 Å². The molecular formula is C15H26N4O. The molecule has 1 fully saturated rings. The highest BCUT2D eigenvalue weighted by Crippen LogP contribution is 2.18. The van der Waals surface area contributed by atoms with Crippen molar-refractivity contribution in [3.8, 4) is 0 Å². The zero-order valence-corrected chi connectivity index (χ0v) is 12.9. The Labute approximate surface area is 121 Å². The monoisotopic (exact) mass is 278 g/mol. The van der Waals surface area contributed by atoms with Gasteiger partial charge in [0, 0.05) is 39.4 Å². The Morgan fingerprint density at radius 2 is 2.15 bits per heavy atom. The van der Waals surface area contributed by atoms with E-state index in [9.17, 15) is 4.79 Å². The van der Waals surface area contributed by atoms with E-state index in [4.69, 9.17) is 0 Å². The van der Waals surface area contributed by atoms with E-state index < -0.39 is 0 Å². The van der Waals surface area contributed by atoms with Gasteiger partial charge in [0.1, 0.15) is 0 Å². The number of rotatable bonds is 6. The highest BCUT2D eigenvalue weighted by atomic mass is 16.2. The van der Waals surface area contributed by atoms with Crippen LogP contribution < -0.4 is 0 Å². The maximum Gasteiger partial charge on any atom is 0.239 e. The highest BCUT2D eigenvalue weighted by Gasteiger charge is 2.32. The summed E-state index contributed by atoms with van der Waals surface area (Å²) in [6.45, 7) is 7.68. The van der Waals surface area contributed by atoms with Gasteiger partial charge >= 0.3 is 0 Å². The predicted molar refractivity (Wildman–Crippen MR) is 79.3 cm³/mol. The molecule has 5 nitrogen and oxygen atoms in total. The second kappa shape index (κ2) is 6.88. The number of carbonyl (C=O) groups excluding carboxylic acids is 1. The molecule has 1 atom stereocenters. The lowest BCUT2D eigenvalue weighted by molar-refractivity contribution is -0.140. The number of nitrogens with zero attached hydrogens (tertiary/aromatic N) is 4. The van der Waals surface area contributed by atoms with Crippen LogP contribution in [0.5, 0.6) is 0 Å². The van der Waals surface area contributed by atoms with Crippen molar-refractivity contribution < 1.29 is 4.79 Å². The van der Waals surface area contributed by atoms with E-state index in [1.54, 1.807) is 0 Å². The number of hydrogen-bond acceptors (Lipinski definition) is 3. The summed E-state index contributed by atoms with van der Waals surface area (Å²) in [5.41, 5.74) is 1.06. The smallest absolute Gasteiger partial charge is 0.239 e. The molecule has 1 aliphatic rings. The summed E-state index contributed by atoms with van der Waals surface area (Å²) >= 11 is 0. The normalized spacial score (nSPS) is 20.6. The molecule has 1 aromatic rings. The summed E-state index contributed by atoms with van der Waals surface area (Å²) in [5, 5.41) is 4.53. The molecule has 2 rings (SSSR count). The molecule has 2 heterocycles. The Kier molecular flexibility index (Phi) is 5.17. The van der Waals surface area contributed by atoms with Gasteiger partial charge in [-0.15, -0.1) is 0 Å². The molecule has 0 spiro atoms. The first-order chi connectivity index (χ1) is 9.65. The summed E-state index contributed by atoms with van der Waals surface area (Å²) in [6, 6.07) is 2.09. The first-order valence-electron chi connectivity index (χ1n) is 7.67. The number of hydrogen-bond donors (Lipinski definition) is 0. The van der Waals surface area contributed by atoms with Gasteiger partial charge in [-0.1, -0.05) is 19.8 Å². The third-order valence-corrected chi connectivity index (χ3v) is 4.04. The minimum absolute atomic E-state index is 0.0282. The van der Waals surface area contributed by atoms with Gasteiger partial charge in [0.2, 0.25) is 5.91 Å². The maximum atomic E-state index is 12.4. The summed E-state index contributed by atoms with van der Waals surface area (Å²) < 4.78 is 1.94. The number of aromatic nitrogens is 2. The standard InChI is InChI=1S/C15H26N4O/c1-4-6-7-14-15(20)17(3)10-11-18(14)12-13-8-9-19(5-2)16-13/h8-9,14H,4-7,10-12H2,1-3H3/t14-/m0/s1. The van der Waals surface area contributed by atoms with E-state index in [1.165, 1.54) is 0 Å². The van der Waals surface area contributed by atoms with Crippen LogP contribution in [0.3, 0.4) is 0 Å². The van der Waals surface area contributed by atoms with E-state index >= 15 is 0 Å². The van der Waals surface area contributed by atoms with Gasteiger partial charge in [-0.05, 0) is 19.4 Å². The summed E-state index contributed by atoms with van der Waals surface area (Å²) in [5.74, 6) is 0.264. The van der Waals surface area contributed by atoms with Crippen molar-refractivity contribution in [2.75, 3.05) is 20.1 Å². The van der Waals surface area contributed by atoms with Crippen molar-refractivity contribution in [3.05, 3.63) is 18.0 Å². The molecule has 1 amide bonds. The van der Waals surface area contributed by atoms with E-state index in [0.717, 1.165) is 51.1 Å². The van der Waals surface area contributed by atoms with Gasteiger partial charge in [-0.3, -0.25) is 14.4 Å². The topological polar surface area (TPSA) is 41.4 Å². The van der Waals surface area contributed by atoms with Crippen molar-refractivity contribution in [2.24, 2.45) is 0 Å². The Morgan fingerprint density at radius 3 is 2.80 bits per heavy atom. The SMILES string of the molecule is CCCC[C@H]1C(=O)N(C)CCN1Cc1ccn(CC)n1. The van der Waals surface area contributed by atoms with Gasteiger partial charge < -0.3 is 4.90 Å². The lowest BCUT2D eigenvalue weighted by atomic mass is 10.0. The fourth-order valence-corrected chi connectivity index (χ4v) is 2.72. The maximum absolute atomic E-state index is 12.4. The minimum atomic E-state index is 0.0282. The molecule has 0 unspecified atom stereocenters. The Bertz CT molecular complexity index is 443. The molecule has 0 aliphatic carbocycles. The number of amides is 1. The Morgan fingerprint density at radius 1 is 1.35 bits per heavy atom. The van der Waals surface area contributed by atoms with Crippen LogP contribution in [0.1, 0.15) is 38.8 Å². The van der Waals surface area contributed by atoms with Gasteiger partial charge in [0.25, 0.3) is 0 Å². The molecule has 0 aromatic carbocycles. The second-order valence-corrected chi connectivity index (χ2v) is 5.55. The van der Waals surface area contributed by atoms with Crippen molar-refractivity contribution in [2.45, 2.75) is 52.2 Å². The lowest BCUT2D eigenvalue weighted by Crippen LogP contribution is -2.55. The zero-order chi connectivity index (χ0) is 14.5. The van der Waals surface area contributed by atoms with Crippen LogP contribution in [0.2, 0.25) is 0 Å². The first kappa shape index (κ1) is 15.0. The molecule has 20 heavy (non-hydrogen) atoms. The molecule has 0 N–H and O–H groups in total. The largest absolute Gasteiger partial charge is 0.343 e. The van der Waals surface area contributed by atoms with Gasteiger partial charge in [0.05, 0.1) is 11.7 Å². The van der Waals surface area contributed by atoms with Gasteiger partial charge in [-0.2, -0.15) is 5.10 Å². The lowest BCUT2D eigenvalue weighted by Gasteiger charge is -2.38. The average molecular weight is 278 g/mol. The number of likely N-dealkylation sites (N-methyl/N-ethyl adjacent to an activating group) is 1. The molecule has 112 valence electrons. The summed E-state index contributed by atoms with van der Waals surface area (Å²) in [6.07, 6.45) is 5.19. The second-order valence-electron chi connectivity index (χ2n) is 5.55. The number of carbonyl (C=O) groups is 1. The van der Waals surface area contributed by atoms with Crippen LogP contribution >= 0.6 is 0 Å².